The van der Waals surface area contributed by atoms with Crippen LogP contribution in [0.4, 0.5) is 5.69 Å². The van der Waals surface area contributed by atoms with Crippen LogP contribution in [-0.2, 0) is 4.79 Å². The van der Waals surface area contributed by atoms with E-state index in [1.54, 1.807) is 66.7 Å². The van der Waals surface area contributed by atoms with Crippen molar-refractivity contribution in [3.63, 3.8) is 0 Å². The van der Waals surface area contributed by atoms with Crippen LogP contribution < -0.4 is 20.2 Å². The standard InChI is InChI=1S/C26H20N4O6/c31-25(20-8-2-1-3-9-20)28-22(15-19-11-12-23-24(16-19)36-17-35-23)26(32)29-27-13-5-7-18-6-4-10-21(14-18)30(33)34/h1-16H,17H2,(H,28,31)(H,29,32). The first kappa shape index (κ1) is 23.9. The molecule has 10 nitrogen and oxygen atoms in total. The predicted octanol–water partition coefficient (Wildman–Crippen LogP) is 3.91. The zero-order chi connectivity index (χ0) is 25.3. The number of nitrogens with one attached hydrogen (secondary N) is 2. The topological polar surface area (TPSA) is 132 Å². The number of hydrogen-bond donors (Lipinski definition) is 2. The van der Waals surface area contributed by atoms with E-state index in [-0.39, 0.29) is 18.2 Å². The Balaban J connectivity index is 1.48. The molecule has 1 heterocycles. The van der Waals surface area contributed by atoms with Crippen molar-refractivity contribution >= 4 is 35.9 Å². The summed E-state index contributed by atoms with van der Waals surface area (Å²) < 4.78 is 10.7. The number of carbonyl (C=O) groups excluding carboxylic acids is 2. The Hall–Kier alpha value is -5.25. The normalized spacial score (nSPS) is 12.6. The Morgan fingerprint density at radius 3 is 2.56 bits per heavy atom. The molecule has 0 spiro atoms. The summed E-state index contributed by atoms with van der Waals surface area (Å²) >= 11 is 0. The Morgan fingerprint density at radius 2 is 1.75 bits per heavy atom. The van der Waals surface area contributed by atoms with Crippen LogP contribution in [0, 0.1) is 10.1 Å². The third-order valence-electron chi connectivity index (χ3n) is 4.93. The quantitative estimate of drug-likeness (QED) is 0.216. The molecule has 0 saturated heterocycles. The van der Waals surface area contributed by atoms with Gasteiger partial charge in [0.25, 0.3) is 17.5 Å². The fraction of sp³-hybridized carbons (Fsp3) is 0.0385. The average Bonchev–Trinajstić information content (AvgIpc) is 3.36. The molecule has 3 aromatic rings. The predicted molar refractivity (Wildman–Crippen MR) is 133 cm³/mol. The molecule has 10 heteroatoms. The molecular weight excluding hydrogens is 464 g/mol. The molecular formula is C26H20N4O6. The molecule has 0 bridgehead atoms. The van der Waals surface area contributed by atoms with E-state index in [1.807, 2.05) is 0 Å². The van der Waals surface area contributed by atoms with Gasteiger partial charge in [-0.3, -0.25) is 19.7 Å². The summed E-state index contributed by atoms with van der Waals surface area (Å²) in [6.07, 6.45) is 5.92. The van der Waals surface area contributed by atoms with Crippen LogP contribution in [0.15, 0.2) is 89.7 Å². The van der Waals surface area contributed by atoms with Crippen molar-refractivity contribution in [3.8, 4) is 11.5 Å². The SMILES string of the molecule is O=C(NN=CC=Cc1cccc([N+](=O)[O-])c1)C(=Cc1ccc2c(c1)OCO2)NC(=O)c1ccccc1. The second kappa shape index (κ2) is 11.3. The largest absolute Gasteiger partial charge is 0.454 e. The minimum Gasteiger partial charge on any atom is -0.454 e. The van der Waals surface area contributed by atoms with Gasteiger partial charge >= 0.3 is 0 Å². The van der Waals surface area contributed by atoms with E-state index < -0.39 is 16.7 Å². The molecule has 0 aromatic heterocycles. The molecule has 180 valence electrons. The number of nitro groups is 1. The molecule has 0 aliphatic carbocycles. The number of rotatable bonds is 8. The van der Waals surface area contributed by atoms with Gasteiger partial charge in [-0.1, -0.05) is 42.5 Å². The van der Waals surface area contributed by atoms with Gasteiger partial charge in [0.1, 0.15) is 5.70 Å². The summed E-state index contributed by atoms with van der Waals surface area (Å²) in [7, 11) is 0. The third kappa shape index (κ3) is 6.20. The number of ether oxygens (including phenoxy) is 2. The van der Waals surface area contributed by atoms with Crippen molar-refractivity contribution in [1.82, 2.24) is 10.7 Å². The van der Waals surface area contributed by atoms with Gasteiger partial charge in [-0.15, -0.1) is 0 Å². The molecule has 0 fully saturated rings. The van der Waals surface area contributed by atoms with Crippen LogP contribution in [0.5, 0.6) is 11.5 Å². The highest BCUT2D eigenvalue weighted by atomic mass is 16.7. The number of amides is 2. The number of nitrogens with zero attached hydrogens (tertiary/aromatic N) is 2. The van der Waals surface area contributed by atoms with Gasteiger partial charge in [-0.25, -0.2) is 5.43 Å². The Morgan fingerprint density at radius 1 is 0.944 bits per heavy atom. The number of benzene rings is 3. The van der Waals surface area contributed by atoms with Crippen LogP contribution in [0.1, 0.15) is 21.5 Å². The smallest absolute Gasteiger partial charge is 0.287 e. The van der Waals surface area contributed by atoms with Gasteiger partial charge in [0, 0.05) is 23.9 Å². The first-order chi connectivity index (χ1) is 17.5. The number of nitro benzene ring substituents is 1. The van der Waals surface area contributed by atoms with Gasteiger partial charge < -0.3 is 14.8 Å². The lowest BCUT2D eigenvalue weighted by atomic mass is 10.1. The molecule has 36 heavy (non-hydrogen) atoms. The second-order valence-corrected chi connectivity index (χ2v) is 7.42. The summed E-state index contributed by atoms with van der Waals surface area (Å²) in [5, 5.41) is 17.4. The van der Waals surface area contributed by atoms with E-state index >= 15 is 0 Å². The summed E-state index contributed by atoms with van der Waals surface area (Å²) in [5.74, 6) is -0.00181. The maximum atomic E-state index is 12.8. The maximum absolute atomic E-state index is 12.8. The van der Waals surface area contributed by atoms with Crippen molar-refractivity contribution in [2.45, 2.75) is 0 Å². The zero-order valence-corrected chi connectivity index (χ0v) is 18.8. The fourth-order valence-corrected chi connectivity index (χ4v) is 3.21. The van der Waals surface area contributed by atoms with Gasteiger partial charge in [0.15, 0.2) is 11.5 Å². The highest BCUT2D eigenvalue weighted by Crippen LogP contribution is 2.33. The summed E-state index contributed by atoms with van der Waals surface area (Å²) in [6.45, 7) is 0.110. The average molecular weight is 484 g/mol. The molecule has 3 aromatic carbocycles. The lowest BCUT2D eigenvalue weighted by Crippen LogP contribution is -2.32. The lowest BCUT2D eigenvalue weighted by Gasteiger charge is -2.09. The van der Waals surface area contributed by atoms with Crippen LogP contribution in [-0.4, -0.2) is 29.7 Å². The summed E-state index contributed by atoms with van der Waals surface area (Å²) in [5.41, 5.74) is 3.87. The van der Waals surface area contributed by atoms with Crippen molar-refractivity contribution in [2.24, 2.45) is 5.10 Å². The van der Waals surface area contributed by atoms with Gasteiger partial charge in [-0.05, 0) is 47.5 Å². The lowest BCUT2D eigenvalue weighted by molar-refractivity contribution is -0.384. The van der Waals surface area contributed by atoms with Gasteiger partial charge in [-0.2, -0.15) is 5.10 Å². The monoisotopic (exact) mass is 484 g/mol. The maximum Gasteiger partial charge on any atom is 0.287 e. The Labute approximate surface area is 205 Å². The van der Waals surface area contributed by atoms with E-state index in [9.17, 15) is 19.7 Å². The molecule has 0 radical (unpaired) electrons. The molecule has 0 atom stereocenters. The molecule has 2 amide bonds. The summed E-state index contributed by atoms with van der Waals surface area (Å²) in [4.78, 5) is 35.9. The van der Waals surface area contributed by atoms with E-state index in [0.717, 1.165) is 0 Å². The molecule has 2 N–H and O–H groups in total. The van der Waals surface area contributed by atoms with Crippen LogP contribution >= 0.6 is 0 Å². The Kier molecular flexibility index (Phi) is 7.47. The zero-order valence-electron chi connectivity index (χ0n) is 18.8. The number of allylic oxidation sites excluding steroid dienone is 1. The number of hydrazone groups is 1. The van der Waals surface area contributed by atoms with Crippen LogP contribution in [0.2, 0.25) is 0 Å². The number of fused-ring (bicyclic) bond motifs is 1. The van der Waals surface area contributed by atoms with Crippen LogP contribution in [0.25, 0.3) is 12.2 Å². The van der Waals surface area contributed by atoms with E-state index in [0.29, 0.717) is 28.2 Å². The van der Waals surface area contributed by atoms with Crippen molar-refractivity contribution in [1.29, 1.82) is 0 Å². The van der Waals surface area contributed by atoms with Crippen molar-refractivity contribution in [3.05, 3.63) is 111 Å². The number of non-ortho nitro benzene ring substituents is 1. The third-order valence-corrected chi connectivity index (χ3v) is 4.93. The molecule has 0 saturated carbocycles. The highest BCUT2D eigenvalue weighted by molar-refractivity contribution is 6.05. The van der Waals surface area contributed by atoms with Gasteiger partial charge in [0.05, 0.1) is 4.92 Å². The van der Waals surface area contributed by atoms with Crippen LogP contribution in [0.3, 0.4) is 0 Å². The summed E-state index contributed by atoms with van der Waals surface area (Å²) in [6, 6.07) is 19.7. The molecule has 0 unspecified atom stereocenters. The van der Waals surface area contributed by atoms with E-state index in [2.05, 4.69) is 15.8 Å². The van der Waals surface area contributed by atoms with Crippen molar-refractivity contribution in [2.75, 3.05) is 6.79 Å². The number of carbonyl (C=O) groups is 2. The molecule has 1 aliphatic rings. The molecule has 1 aliphatic heterocycles. The Bertz CT molecular complexity index is 1380. The second-order valence-electron chi connectivity index (χ2n) is 7.42. The number of hydrogen-bond acceptors (Lipinski definition) is 7. The van der Waals surface area contributed by atoms with E-state index in [1.165, 1.54) is 30.5 Å². The van der Waals surface area contributed by atoms with Gasteiger partial charge in [0.2, 0.25) is 6.79 Å². The first-order valence-electron chi connectivity index (χ1n) is 10.7. The minimum absolute atomic E-state index is 0.0326. The minimum atomic E-state index is -0.656. The molecule has 4 rings (SSSR count). The fourth-order valence-electron chi connectivity index (χ4n) is 3.21. The van der Waals surface area contributed by atoms with E-state index in [4.69, 9.17) is 9.47 Å². The highest BCUT2D eigenvalue weighted by Gasteiger charge is 2.16. The van der Waals surface area contributed by atoms with Crippen molar-refractivity contribution < 1.29 is 24.0 Å². The first-order valence-corrected chi connectivity index (χ1v) is 10.7.